The van der Waals surface area contributed by atoms with Crippen molar-refractivity contribution in [3.63, 3.8) is 0 Å². The lowest BCUT2D eigenvalue weighted by Gasteiger charge is -2.27. The number of fused-ring (bicyclic) bond motifs is 4. The average Bonchev–Trinajstić information content (AvgIpc) is 3.43. The van der Waals surface area contributed by atoms with Crippen molar-refractivity contribution in [3.8, 4) is 5.69 Å². The van der Waals surface area contributed by atoms with Crippen LogP contribution in [0, 0.1) is 0 Å². The van der Waals surface area contributed by atoms with E-state index in [2.05, 4.69) is 24.9 Å². The van der Waals surface area contributed by atoms with Crippen molar-refractivity contribution in [2.45, 2.75) is 77.0 Å². The fraction of sp³-hybridized carbons (Fsp3) is 0.444. The van der Waals surface area contributed by atoms with E-state index in [9.17, 15) is 4.79 Å². The highest BCUT2D eigenvalue weighted by Gasteiger charge is 2.34. The van der Waals surface area contributed by atoms with Gasteiger partial charge in [-0.15, -0.1) is 10.2 Å². The van der Waals surface area contributed by atoms with Gasteiger partial charge in [0, 0.05) is 23.1 Å². The fourth-order valence-electron chi connectivity index (χ4n) is 5.47. The Kier molecular flexibility index (Phi) is 5.90. The Morgan fingerprint density at radius 3 is 2.65 bits per heavy atom. The number of pyridine rings is 1. The molecule has 0 radical (unpaired) electrons. The Bertz CT molecular complexity index is 1460. The van der Waals surface area contributed by atoms with Gasteiger partial charge in [-0.1, -0.05) is 16.8 Å². The predicted molar refractivity (Wildman–Crippen MR) is 138 cm³/mol. The molecule has 4 aromatic rings. The first-order chi connectivity index (χ1) is 17.8. The molecule has 1 saturated carbocycles. The molecule has 9 nitrogen and oxygen atoms in total. The largest absolute Gasteiger partial charge is 0.444 e. The number of nitrogens with zero attached hydrogens (tertiary/aromatic N) is 6. The van der Waals surface area contributed by atoms with Crippen LogP contribution in [-0.2, 0) is 17.8 Å². The maximum absolute atomic E-state index is 13.0. The van der Waals surface area contributed by atoms with Crippen LogP contribution in [0.15, 0.2) is 41.1 Å². The fourth-order valence-corrected chi connectivity index (χ4v) is 5.66. The van der Waals surface area contributed by atoms with Crippen LogP contribution >= 0.6 is 11.6 Å². The van der Waals surface area contributed by atoms with Crippen LogP contribution in [0.25, 0.3) is 16.8 Å². The molecule has 0 saturated heterocycles. The molecule has 3 aromatic heterocycles. The van der Waals surface area contributed by atoms with E-state index in [-0.39, 0.29) is 12.0 Å². The molecule has 1 fully saturated rings. The summed E-state index contributed by atoms with van der Waals surface area (Å²) in [7, 11) is 0. The highest BCUT2D eigenvalue weighted by atomic mass is 35.5. The van der Waals surface area contributed by atoms with E-state index in [0.29, 0.717) is 29.7 Å². The summed E-state index contributed by atoms with van der Waals surface area (Å²) < 4.78 is 13.3. The van der Waals surface area contributed by atoms with Gasteiger partial charge in [-0.05, 0) is 82.3 Å². The highest BCUT2D eigenvalue weighted by molar-refractivity contribution is 6.30. The van der Waals surface area contributed by atoms with Gasteiger partial charge < -0.3 is 9.26 Å². The Balaban J connectivity index is 1.29. The lowest BCUT2D eigenvalue weighted by molar-refractivity contribution is 0.0214. The lowest BCUT2D eigenvalue weighted by Crippen LogP contribution is -2.35. The molecule has 1 amide bonds. The molecule has 0 bridgehead atoms. The summed E-state index contributed by atoms with van der Waals surface area (Å²) >= 11 is 6.37. The predicted octanol–water partition coefficient (Wildman–Crippen LogP) is 6.15. The third kappa shape index (κ3) is 4.56. The van der Waals surface area contributed by atoms with Crippen LogP contribution < -0.4 is 0 Å². The zero-order valence-electron chi connectivity index (χ0n) is 21.1. The van der Waals surface area contributed by atoms with Gasteiger partial charge in [0.15, 0.2) is 5.82 Å². The molecule has 1 aliphatic carbocycles. The molecule has 0 N–H and O–H groups in total. The summed E-state index contributed by atoms with van der Waals surface area (Å²) in [4.78, 5) is 19.0. The number of rotatable bonds is 2. The quantitative estimate of drug-likeness (QED) is 0.312. The van der Waals surface area contributed by atoms with E-state index < -0.39 is 5.60 Å². The lowest BCUT2D eigenvalue weighted by atomic mass is 9.79. The molecule has 192 valence electrons. The second-order valence-electron chi connectivity index (χ2n) is 10.9. The van der Waals surface area contributed by atoms with E-state index in [1.165, 1.54) is 0 Å². The number of benzene rings is 1. The van der Waals surface area contributed by atoms with Gasteiger partial charge in [0.05, 0.1) is 29.9 Å². The minimum Gasteiger partial charge on any atom is -0.444 e. The van der Waals surface area contributed by atoms with Crippen LogP contribution in [0.4, 0.5) is 4.79 Å². The number of carbonyl (C=O) groups is 1. The number of carbonyl (C=O) groups excluding carboxylic acids is 1. The standard InChI is InChI=1S/C27H29ClN6O3/c1-27(2,3)36-26(35)33-14-18-13-19(28)10-11-21(18)34-22(15-33)30-31-24(34)17-8-6-16(7-9-17)23-20-5-4-12-29-25(20)37-32-23/h4-5,10-13,16-17H,6-9,14-15H2,1-3H3/t16-,17-. The number of ether oxygens (including phenoxy) is 1. The summed E-state index contributed by atoms with van der Waals surface area (Å²) in [5.41, 5.74) is 2.89. The van der Waals surface area contributed by atoms with Crippen molar-refractivity contribution in [3.05, 3.63) is 64.5 Å². The van der Waals surface area contributed by atoms with Gasteiger partial charge in [0.1, 0.15) is 11.4 Å². The van der Waals surface area contributed by atoms with Crippen LogP contribution in [-0.4, -0.2) is 41.5 Å². The van der Waals surface area contributed by atoms with Gasteiger partial charge in [0.2, 0.25) is 0 Å². The third-order valence-electron chi connectivity index (χ3n) is 7.14. The van der Waals surface area contributed by atoms with E-state index in [0.717, 1.165) is 59.7 Å². The molecule has 10 heteroatoms. The number of hydrogen-bond donors (Lipinski definition) is 0. The van der Waals surface area contributed by atoms with Crippen LogP contribution in [0.3, 0.4) is 0 Å². The topological polar surface area (TPSA) is 99.2 Å². The first-order valence-corrected chi connectivity index (χ1v) is 13.1. The summed E-state index contributed by atoms with van der Waals surface area (Å²) in [6.07, 6.45) is 5.19. The van der Waals surface area contributed by atoms with Gasteiger partial charge in [-0.2, -0.15) is 0 Å². The zero-order chi connectivity index (χ0) is 25.7. The molecule has 0 unspecified atom stereocenters. The van der Waals surface area contributed by atoms with Crippen molar-refractivity contribution in [2.24, 2.45) is 0 Å². The SMILES string of the molecule is CC(C)(C)OC(=O)N1Cc2cc(Cl)ccc2-n2c(nnc2[C@H]2CC[C@H](c3noc4ncccc43)CC2)C1. The smallest absolute Gasteiger partial charge is 0.411 e. The minimum atomic E-state index is -0.594. The molecular formula is C27H29ClN6O3. The average molecular weight is 521 g/mol. The Labute approximate surface area is 219 Å². The Morgan fingerprint density at radius 2 is 1.86 bits per heavy atom. The van der Waals surface area contributed by atoms with E-state index in [1.807, 2.05) is 51.1 Å². The third-order valence-corrected chi connectivity index (χ3v) is 7.37. The number of halogens is 1. The molecule has 4 heterocycles. The molecule has 37 heavy (non-hydrogen) atoms. The maximum Gasteiger partial charge on any atom is 0.411 e. The summed E-state index contributed by atoms with van der Waals surface area (Å²) in [6, 6.07) is 9.72. The van der Waals surface area contributed by atoms with E-state index in [1.54, 1.807) is 11.1 Å². The molecule has 1 aliphatic heterocycles. The first-order valence-electron chi connectivity index (χ1n) is 12.7. The molecule has 0 atom stereocenters. The molecule has 6 rings (SSSR count). The Hall–Kier alpha value is -3.46. The second-order valence-corrected chi connectivity index (χ2v) is 11.3. The highest BCUT2D eigenvalue weighted by Crippen LogP contribution is 2.42. The van der Waals surface area contributed by atoms with Crippen molar-refractivity contribution in [2.75, 3.05) is 0 Å². The number of amides is 1. The van der Waals surface area contributed by atoms with E-state index in [4.69, 9.17) is 20.9 Å². The van der Waals surface area contributed by atoms with Gasteiger partial charge in [-0.3, -0.25) is 9.47 Å². The maximum atomic E-state index is 13.0. The van der Waals surface area contributed by atoms with Crippen molar-refractivity contribution >= 4 is 28.8 Å². The first kappa shape index (κ1) is 23.9. The van der Waals surface area contributed by atoms with Crippen molar-refractivity contribution in [1.82, 2.24) is 29.8 Å². The molecule has 2 aliphatic rings. The summed E-state index contributed by atoms with van der Waals surface area (Å²) in [6.45, 7) is 6.28. The zero-order valence-corrected chi connectivity index (χ0v) is 21.9. The van der Waals surface area contributed by atoms with Crippen molar-refractivity contribution < 1.29 is 14.1 Å². The van der Waals surface area contributed by atoms with E-state index >= 15 is 0 Å². The summed E-state index contributed by atoms with van der Waals surface area (Å²) in [5, 5.41) is 15.2. The van der Waals surface area contributed by atoms with Gasteiger partial charge in [-0.25, -0.2) is 9.78 Å². The number of hydrogen-bond acceptors (Lipinski definition) is 7. The molecular weight excluding hydrogens is 492 g/mol. The van der Waals surface area contributed by atoms with Crippen molar-refractivity contribution in [1.29, 1.82) is 0 Å². The monoisotopic (exact) mass is 520 g/mol. The van der Waals surface area contributed by atoms with Gasteiger partial charge in [0.25, 0.3) is 5.71 Å². The molecule has 1 aromatic carbocycles. The van der Waals surface area contributed by atoms with Crippen LogP contribution in [0.2, 0.25) is 5.02 Å². The summed E-state index contributed by atoms with van der Waals surface area (Å²) in [5.74, 6) is 2.21. The van der Waals surface area contributed by atoms with Crippen LogP contribution in [0.5, 0.6) is 0 Å². The Morgan fingerprint density at radius 1 is 1.08 bits per heavy atom. The normalized spacial score (nSPS) is 19.8. The number of aromatic nitrogens is 5. The second kappa shape index (κ2) is 9.13. The van der Waals surface area contributed by atoms with Crippen LogP contribution in [0.1, 0.15) is 81.2 Å². The molecule has 0 spiro atoms. The van der Waals surface area contributed by atoms with Gasteiger partial charge >= 0.3 is 6.09 Å². The minimum absolute atomic E-state index is 0.241.